The van der Waals surface area contributed by atoms with E-state index in [9.17, 15) is 4.79 Å². The zero-order valence-electron chi connectivity index (χ0n) is 15.7. The Kier molecular flexibility index (Phi) is 5.62. The van der Waals surface area contributed by atoms with Gasteiger partial charge in [-0.2, -0.15) is 0 Å². The van der Waals surface area contributed by atoms with Gasteiger partial charge in [0.05, 0.1) is 12.1 Å². The maximum absolute atomic E-state index is 12.4. The highest BCUT2D eigenvalue weighted by Gasteiger charge is 2.10. The van der Waals surface area contributed by atoms with Crippen LogP contribution in [0.3, 0.4) is 0 Å². The van der Waals surface area contributed by atoms with Crippen molar-refractivity contribution in [2.24, 2.45) is 0 Å². The van der Waals surface area contributed by atoms with Crippen molar-refractivity contribution >= 4 is 22.9 Å². The molecule has 8 heteroatoms. The fourth-order valence-electron chi connectivity index (χ4n) is 2.67. The summed E-state index contributed by atoms with van der Waals surface area (Å²) in [5.74, 6) is 1.05. The number of nitrogens with zero attached hydrogens (tertiary/aromatic N) is 3. The Balaban J connectivity index is 1.32. The average molecular weight is 406 g/mol. The van der Waals surface area contributed by atoms with Crippen LogP contribution in [0.2, 0.25) is 0 Å². The molecule has 0 spiro atoms. The number of anilines is 1. The number of hydrogen-bond acceptors (Lipinski definition) is 7. The van der Waals surface area contributed by atoms with Crippen LogP contribution >= 0.6 is 11.3 Å². The van der Waals surface area contributed by atoms with Crippen LogP contribution in [-0.4, -0.2) is 21.1 Å². The molecule has 7 nitrogen and oxygen atoms in total. The van der Waals surface area contributed by atoms with E-state index in [0.29, 0.717) is 23.9 Å². The molecule has 2 heterocycles. The first-order valence-corrected chi connectivity index (χ1v) is 9.83. The molecule has 29 heavy (non-hydrogen) atoms. The van der Waals surface area contributed by atoms with Gasteiger partial charge in [-0.15, -0.1) is 21.5 Å². The van der Waals surface area contributed by atoms with E-state index in [1.165, 1.54) is 23.3 Å². The summed E-state index contributed by atoms with van der Waals surface area (Å²) in [7, 11) is 0. The van der Waals surface area contributed by atoms with E-state index < -0.39 is 0 Å². The second kappa shape index (κ2) is 8.66. The topological polar surface area (TPSA) is 90.1 Å². The van der Waals surface area contributed by atoms with E-state index in [0.717, 1.165) is 16.3 Å². The van der Waals surface area contributed by atoms with Gasteiger partial charge in [-0.3, -0.25) is 4.79 Å². The number of benzene rings is 2. The van der Waals surface area contributed by atoms with Crippen LogP contribution in [-0.2, 0) is 17.8 Å². The summed E-state index contributed by atoms with van der Waals surface area (Å²) < 4.78 is 10.9. The Morgan fingerprint density at radius 2 is 2.07 bits per heavy atom. The quantitative estimate of drug-likeness (QED) is 0.493. The summed E-state index contributed by atoms with van der Waals surface area (Å²) in [4.78, 5) is 16.9. The van der Waals surface area contributed by atoms with Crippen LogP contribution in [0.15, 0.2) is 64.7 Å². The molecule has 1 amide bonds. The van der Waals surface area contributed by atoms with Crippen LogP contribution in [0.25, 0.3) is 11.5 Å². The molecule has 1 N–H and O–H groups in total. The van der Waals surface area contributed by atoms with Gasteiger partial charge < -0.3 is 14.5 Å². The molecule has 0 saturated heterocycles. The highest BCUT2D eigenvalue weighted by Crippen LogP contribution is 2.21. The Morgan fingerprint density at radius 3 is 2.86 bits per heavy atom. The normalized spacial score (nSPS) is 10.7. The molecule has 0 aliphatic carbocycles. The van der Waals surface area contributed by atoms with Crippen molar-refractivity contribution in [2.45, 2.75) is 20.0 Å². The van der Waals surface area contributed by atoms with Crippen molar-refractivity contribution in [3.8, 4) is 17.2 Å². The van der Waals surface area contributed by atoms with Crippen LogP contribution in [0.1, 0.15) is 16.3 Å². The lowest BCUT2D eigenvalue weighted by Gasteiger charge is -2.05. The number of aryl methyl sites for hydroxylation is 1. The molecule has 0 radical (unpaired) electrons. The molecule has 0 bridgehead atoms. The first-order valence-electron chi connectivity index (χ1n) is 8.95. The van der Waals surface area contributed by atoms with Crippen LogP contribution < -0.4 is 10.1 Å². The Bertz CT molecular complexity index is 1090. The molecule has 2 aromatic carbocycles. The molecule has 4 rings (SSSR count). The first-order chi connectivity index (χ1) is 14.2. The van der Waals surface area contributed by atoms with Crippen molar-refractivity contribution in [3.63, 3.8) is 0 Å². The summed E-state index contributed by atoms with van der Waals surface area (Å²) >= 11 is 1.48. The minimum Gasteiger partial charge on any atom is -0.486 e. The smallest absolute Gasteiger partial charge is 0.247 e. The molecule has 0 aliphatic heterocycles. The minimum absolute atomic E-state index is 0.149. The number of thiazole rings is 1. The zero-order chi connectivity index (χ0) is 20.1. The predicted molar refractivity (Wildman–Crippen MR) is 110 cm³/mol. The van der Waals surface area contributed by atoms with Gasteiger partial charge in [-0.1, -0.05) is 23.8 Å². The molecule has 0 aliphatic rings. The molecule has 2 aromatic heterocycles. The minimum atomic E-state index is -0.149. The van der Waals surface area contributed by atoms with Crippen molar-refractivity contribution in [3.05, 3.63) is 76.6 Å². The summed E-state index contributed by atoms with van der Waals surface area (Å²) in [5, 5.41) is 13.1. The molecule has 0 saturated carbocycles. The monoisotopic (exact) mass is 406 g/mol. The zero-order valence-corrected chi connectivity index (χ0v) is 16.5. The first kappa shape index (κ1) is 18.8. The Morgan fingerprint density at radius 1 is 1.21 bits per heavy atom. The average Bonchev–Trinajstić information content (AvgIpc) is 3.40. The van der Waals surface area contributed by atoms with E-state index in [2.05, 4.69) is 20.5 Å². The maximum Gasteiger partial charge on any atom is 0.247 e. The van der Waals surface area contributed by atoms with Crippen molar-refractivity contribution < 1.29 is 13.9 Å². The van der Waals surface area contributed by atoms with Gasteiger partial charge in [-0.25, -0.2) is 4.98 Å². The summed E-state index contributed by atoms with van der Waals surface area (Å²) in [6.45, 7) is 2.41. The van der Waals surface area contributed by atoms with Crippen LogP contribution in [0.5, 0.6) is 5.75 Å². The van der Waals surface area contributed by atoms with Crippen molar-refractivity contribution in [2.75, 3.05) is 5.32 Å². The molecule has 146 valence electrons. The molecule has 0 atom stereocenters. The highest BCUT2D eigenvalue weighted by atomic mass is 32.1. The van der Waals surface area contributed by atoms with Crippen molar-refractivity contribution in [1.29, 1.82) is 0 Å². The molecular formula is C21H18N4O3S. The third-order valence-corrected chi connectivity index (χ3v) is 4.95. The van der Waals surface area contributed by atoms with Gasteiger partial charge in [0.2, 0.25) is 18.2 Å². The molecule has 0 unspecified atom stereocenters. The SMILES string of the molecule is Cc1ccc(OCc2nc(CC(=O)Nc3cccc(-c4nnco4)c3)cs2)cc1. The lowest BCUT2D eigenvalue weighted by Crippen LogP contribution is -2.14. The Hall–Kier alpha value is -3.52. The van der Waals surface area contributed by atoms with E-state index in [1.54, 1.807) is 12.1 Å². The lowest BCUT2D eigenvalue weighted by molar-refractivity contribution is -0.115. The molecule has 0 fully saturated rings. The van der Waals surface area contributed by atoms with E-state index in [1.807, 2.05) is 48.7 Å². The fourth-order valence-corrected chi connectivity index (χ4v) is 3.38. The van der Waals surface area contributed by atoms with Gasteiger partial charge in [0.25, 0.3) is 0 Å². The van der Waals surface area contributed by atoms with Gasteiger partial charge in [0.1, 0.15) is 17.4 Å². The number of carbonyl (C=O) groups excluding carboxylic acids is 1. The van der Waals surface area contributed by atoms with Gasteiger partial charge in [0, 0.05) is 16.6 Å². The number of hydrogen-bond donors (Lipinski definition) is 1. The summed E-state index contributed by atoms with van der Waals surface area (Å²) in [6.07, 6.45) is 1.45. The van der Waals surface area contributed by atoms with Gasteiger partial charge in [0.15, 0.2) is 0 Å². The Labute approximate surface area is 171 Å². The second-order valence-electron chi connectivity index (χ2n) is 6.38. The third kappa shape index (κ3) is 5.05. The molecular weight excluding hydrogens is 388 g/mol. The van der Waals surface area contributed by atoms with Gasteiger partial charge >= 0.3 is 0 Å². The number of rotatable bonds is 7. The van der Waals surface area contributed by atoms with Gasteiger partial charge in [-0.05, 0) is 37.3 Å². The van der Waals surface area contributed by atoms with Crippen molar-refractivity contribution in [1.82, 2.24) is 15.2 Å². The van der Waals surface area contributed by atoms with E-state index in [4.69, 9.17) is 9.15 Å². The largest absolute Gasteiger partial charge is 0.486 e. The number of ether oxygens (including phenoxy) is 1. The standard InChI is InChI=1S/C21H18N4O3S/c1-14-5-7-18(8-6-14)27-11-20-24-17(12-29-20)10-19(26)23-16-4-2-3-15(9-16)21-25-22-13-28-21/h2-9,12-13H,10-11H2,1H3,(H,23,26). The summed E-state index contributed by atoms with van der Waals surface area (Å²) in [5.41, 5.74) is 3.29. The molecule has 4 aromatic rings. The lowest BCUT2D eigenvalue weighted by atomic mass is 10.2. The second-order valence-corrected chi connectivity index (χ2v) is 7.33. The fraction of sp³-hybridized carbons (Fsp3) is 0.143. The van der Waals surface area contributed by atoms with Crippen LogP contribution in [0, 0.1) is 6.92 Å². The number of carbonyl (C=O) groups is 1. The summed E-state index contributed by atoms with van der Waals surface area (Å²) in [6, 6.07) is 15.1. The number of nitrogens with one attached hydrogen (secondary N) is 1. The van der Waals surface area contributed by atoms with Crippen LogP contribution in [0.4, 0.5) is 5.69 Å². The predicted octanol–water partition coefficient (Wildman–Crippen LogP) is 4.26. The number of amides is 1. The number of aromatic nitrogens is 3. The third-order valence-electron chi connectivity index (χ3n) is 4.08. The van der Waals surface area contributed by atoms with E-state index >= 15 is 0 Å². The maximum atomic E-state index is 12.4. The van der Waals surface area contributed by atoms with E-state index in [-0.39, 0.29) is 12.3 Å². The highest BCUT2D eigenvalue weighted by molar-refractivity contribution is 7.09.